The first-order chi connectivity index (χ1) is 16.7. The second kappa shape index (κ2) is 11.6. The number of anilines is 3. The molecule has 1 aliphatic rings. The number of halogens is 1. The lowest BCUT2D eigenvalue weighted by Gasteiger charge is -2.37. The van der Waals surface area contributed by atoms with Crippen molar-refractivity contribution in [2.45, 2.75) is 40.2 Å². The number of para-hydroxylation sites is 1. The van der Waals surface area contributed by atoms with E-state index in [1.807, 2.05) is 71.0 Å². The fourth-order valence-electron chi connectivity index (χ4n) is 3.65. The number of fused-ring (bicyclic) bond motifs is 1. The zero-order valence-corrected chi connectivity index (χ0v) is 22.8. The molecule has 2 aromatic carbocycles. The molecule has 8 nitrogen and oxygen atoms in total. The van der Waals surface area contributed by atoms with Gasteiger partial charge in [-0.25, -0.2) is 14.8 Å². The van der Waals surface area contributed by atoms with Gasteiger partial charge in [0, 0.05) is 54.0 Å². The number of nitrogens with zero attached hydrogens (tertiary/aromatic N) is 4. The largest absolute Gasteiger partial charge is 0.494 e. The van der Waals surface area contributed by atoms with Crippen LogP contribution in [-0.4, -0.2) is 59.9 Å². The number of hydrogen-bond acceptors (Lipinski definition) is 7. The van der Waals surface area contributed by atoms with Gasteiger partial charge in [0.1, 0.15) is 11.4 Å². The number of ether oxygens (including phenoxy) is 2. The Morgan fingerprint density at radius 2 is 1.80 bits per heavy atom. The van der Waals surface area contributed by atoms with E-state index >= 15 is 0 Å². The lowest BCUT2D eigenvalue weighted by atomic mass is 10.2. The van der Waals surface area contributed by atoms with Crippen LogP contribution in [0, 0.1) is 0 Å². The van der Waals surface area contributed by atoms with Crippen molar-refractivity contribution >= 4 is 50.2 Å². The van der Waals surface area contributed by atoms with Gasteiger partial charge in [0.15, 0.2) is 0 Å². The highest BCUT2D eigenvalue weighted by molar-refractivity contribution is 9.10. The van der Waals surface area contributed by atoms with Gasteiger partial charge in [0.2, 0.25) is 5.95 Å². The van der Waals surface area contributed by atoms with Gasteiger partial charge in [-0.1, -0.05) is 26.0 Å². The van der Waals surface area contributed by atoms with Crippen LogP contribution in [0.4, 0.5) is 22.1 Å². The van der Waals surface area contributed by atoms with Crippen LogP contribution in [0.3, 0.4) is 0 Å². The predicted molar refractivity (Wildman–Crippen MR) is 145 cm³/mol. The van der Waals surface area contributed by atoms with Crippen LogP contribution in [0.2, 0.25) is 0 Å². The summed E-state index contributed by atoms with van der Waals surface area (Å²) in [6.45, 7) is 12.3. The predicted octanol–water partition coefficient (Wildman–Crippen LogP) is 6.23. The van der Waals surface area contributed by atoms with Crippen LogP contribution in [-0.2, 0) is 4.74 Å². The maximum absolute atomic E-state index is 12.3. The second-order valence-corrected chi connectivity index (χ2v) is 9.69. The molecular formula is C26H34BrN5O3. The summed E-state index contributed by atoms with van der Waals surface area (Å²) in [7, 11) is 1.64. The molecule has 35 heavy (non-hydrogen) atoms. The SMILES string of the molecule is CC.COc1cc(N2CCN(C(=O)OC(C)(C)C)CC2)ccc1Nc1ncc2cccc(Br)c2n1. The molecule has 3 aromatic rings. The Morgan fingerprint density at radius 3 is 2.46 bits per heavy atom. The van der Waals surface area contributed by atoms with Gasteiger partial charge in [-0.15, -0.1) is 0 Å². The van der Waals surface area contributed by atoms with Crippen molar-refractivity contribution < 1.29 is 14.3 Å². The van der Waals surface area contributed by atoms with E-state index in [0.717, 1.165) is 39.8 Å². The number of piperazine rings is 1. The lowest BCUT2D eigenvalue weighted by Crippen LogP contribution is -2.50. The molecule has 0 bridgehead atoms. The Kier molecular flexibility index (Phi) is 8.77. The van der Waals surface area contributed by atoms with Crippen LogP contribution in [0.1, 0.15) is 34.6 Å². The first-order valence-corrected chi connectivity index (χ1v) is 12.6. The molecule has 0 aliphatic carbocycles. The van der Waals surface area contributed by atoms with Gasteiger partial charge in [-0.05, 0) is 54.9 Å². The fraction of sp³-hybridized carbons (Fsp3) is 0.423. The van der Waals surface area contributed by atoms with E-state index in [4.69, 9.17) is 9.47 Å². The maximum Gasteiger partial charge on any atom is 0.410 e. The number of carbonyl (C=O) groups excluding carboxylic acids is 1. The van der Waals surface area contributed by atoms with Crippen molar-refractivity contribution in [1.29, 1.82) is 0 Å². The molecular weight excluding hydrogens is 510 g/mol. The van der Waals surface area contributed by atoms with Crippen LogP contribution < -0.4 is 15.0 Å². The first kappa shape index (κ1) is 26.5. The molecule has 1 fully saturated rings. The summed E-state index contributed by atoms with van der Waals surface area (Å²) < 4.78 is 12.0. The van der Waals surface area contributed by atoms with Crippen LogP contribution >= 0.6 is 15.9 Å². The minimum absolute atomic E-state index is 0.263. The molecule has 0 spiro atoms. The third kappa shape index (κ3) is 6.75. The average molecular weight is 544 g/mol. The molecule has 0 unspecified atom stereocenters. The number of carbonyl (C=O) groups is 1. The Labute approximate surface area is 215 Å². The van der Waals surface area contributed by atoms with E-state index in [1.165, 1.54) is 0 Å². The van der Waals surface area contributed by atoms with E-state index in [1.54, 1.807) is 18.2 Å². The quantitative estimate of drug-likeness (QED) is 0.417. The van der Waals surface area contributed by atoms with Crippen molar-refractivity contribution in [3.05, 3.63) is 47.1 Å². The van der Waals surface area contributed by atoms with Crippen LogP contribution in [0.15, 0.2) is 47.1 Å². The Balaban J connectivity index is 0.00000167. The van der Waals surface area contributed by atoms with E-state index in [2.05, 4.69) is 36.1 Å². The standard InChI is InChI=1S/C24H28BrN5O3.C2H6/c1-24(2,3)33-23(31)30-12-10-29(11-13-30)17-8-9-19(20(14-17)32-4)27-22-26-15-16-6-5-7-18(25)21(16)28-22;1-2/h5-9,14-15H,10-13H2,1-4H3,(H,26,27,28);1-2H3. The van der Waals surface area contributed by atoms with Crippen LogP contribution in [0.5, 0.6) is 5.75 Å². The summed E-state index contributed by atoms with van der Waals surface area (Å²) in [5, 5.41) is 4.22. The first-order valence-electron chi connectivity index (χ1n) is 11.8. The molecule has 1 saturated heterocycles. The van der Waals surface area contributed by atoms with Crippen molar-refractivity contribution in [1.82, 2.24) is 14.9 Å². The van der Waals surface area contributed by atoms with E-state index < -0.39 is 5.60 Å². The molecule has 0 saturated carbocycles. The van der Waals surface area contributed by atoms with Gasteiger partial charge in [0.25, 0.3) is 0 Å². The highest BCUT2D eigenvalue weighted by atomic mass is 79.9. The monoisotopic (exact) mass is 543 g/mol. The molecule has 1 aromatic heterocycles. The Hall–Kier alpha value is -3.07. The van der Waals surface area contributed by atoms with Gasteiger partial charge in [0.05, 0.1) is 18.3 Å². The molecule has 4 rings (SSSR count). The minimum Gasteiger partial charge on any atom is -0.494 e. The van der Waals surface area contributed by atoms with Crippen molar-refractivity contribution in [2.24, 2.45) is 0 Å². The van der Waals surface area contributed by atoms with Gasteiger partial charge in [-0.2, -0.15) is 0 Å². The number of rotatable bonds is 4. The second-order valence-electron chi connectivity index (χ2n) is 8.84. The molecule has 1 N–H and O–H groups in total. The molecule has 9 heteroatoms. The van der Waals surface area contributed by atoms with Gasteiger partial charge < -0.3 is 24.6 Å². The summed E-state index contributed by atoms with van der Waals surface area (Å²) >= 11 is 3.54. The van der Waals surface area contributed by atoms with Gasteiger partial charge >= 0.3 is 6.09 Å². The van der Waals surface area contributed by atoms with Crippen molar-refractivity contribution in [3.63, 3.8) is 0 Å². The number of aromatic nitrogens is 2. The topological polar surface area (TPSA) is 79.8 Å². The average Bonchev–Trinajstić information content (AvgIpc) is 2.85. The summed E-state index contributed by atoms with van der Waals surface area (Å²) in [6.07, 6.45) is 1.53. The summed E-state index contributed by atoms with van der Waals surface area (Å²) in [6, 6.07) is 11.9. The summed E-state index contributed by atoms with van der Waals surface area (Å²) in [4.78, 5) is 25.4. The van der Waals surface area contributed by atoms with E-state index in [0.29, 0.717) is 24.8 Å². The van der Waals surface area contributed by atoms with Crippen LogP contribution in [0.25, 0.3) is 10.9 Å². The van der Waals surface area contributed by atoms with Crippen molar-refractivity contribution in [2.75, 3.05) is 43.5 Å². The minimum atomic E-state index is -0.491. The number of nitrogens with one attached hydrogen (secondary N) is 1. The normalized spacial score (nSPS) is 13.7. The summed E-state index contributed by atoms with van der Waals surface area (Å²) in [5.74, 6) is 1.18. The molecule has 1 aliphatic heterocycles. The number of methoxy groups -OCH3 is 1. The third-order valence-electron chi connectivity index (χ3n) is 5.29. The molecule has 2 heterocycles. The number of hydrogen-bond donors (Lipinski definition) is 1. The van der Waals surface area contributed by atoms with E-state index in [-0.39, 0.29) is 6.09 Å². The zero-order chi connectivity index (χ0) is 25.6. The Bertz CT molecular complexity index is 1160. The molecule has 0 atom stereocenters. The smallest absolute Gasteiger partial charge is 0.410 e. The molecule has 0 radical (unpaired) electrons. The van der Waals surface area contributed by atoms with Gasteiger partial charge in [-0.3, -0.25) is 0 Å². The highest BCUT2D eigenvalue weighted by Gasteiger charge is 2.26. The number of amides is 1. The van der Waals surface area contributed by atoms with Crippen molar-refractivity contribution in [3.8, 4) is 5.75 Å². The third-order valence-corrected chi connectivity index (χ3v) is 5.93. The zero-order valence-electron chi connectivity index (χ0n) is 21.3. The number of benzene rings is 2. The Morgan fingerprint density at radius 1 is 1.09 bits per heavy atom. The fourth-order valence-corrected chi connectivity index (χ4v) is 4.12. The van der Waals surface area contributed by atoms with E-state index in [9.17, 15) is 4.79 Å². The summed E-state index contributed by atoms with van der Waals surface area (Å²) in [5.41, 5.74) is 2.16. The molecule has 1 amide bonds. The molecule has 188 valence electrons. The highest BCUT2D eigenvalue weighted by Crippen LogP contribution is 2.32. The lowest BCUT2D eigenvalue weighted by molar-refractivity contribution is 0.0240. The maximum atomic E-state index is 12.3.